The maximum atomic E-state index is 11.0. The highest BCUT2D eigenvalue weighted by Gasteiger charge is 2.51. The normalized spacial score (nSPS) is 28.3. The summed E-state index contributed by atoms with van der Waals surface area (Å²) in [7, 11) is -0.303. The number of carbonyl (C=O) groups is 1. The molecule has 5 heteroatoms. The van der Waals surface area contributed by atoms with E-state index in [0.717, 1.165) is 18.3 Å². The molecule has 0 radical (unpaired) electrons. The lowest BCUT2D eigenvalue weighted by Crippen LogP contribution is -2.42. The average molecular weight is 315 g/mol. The fourth-order valence-electron chi connectivity index (χ4n) is 3.20. The van der Waals surface area contributed by atoms with Crippen molar-refractivity contribution in [2.24, 2.45) is 0 Å². The van der Waals surface area contributed by atoms with E-state index >= 15 is 0 Å². The minimum atomic E-state index is -0.310. The van der Waals surface area contributed by atoms with Crippen molar-refractivity contribution in [2.45, 2.75) is 70.6 Å². The molecule has 4 nitrogen and oxygen atoms in total. The molecular weight excluding hydrogens is 289 g/mol. The van der Waals surface area contributed by atoms with Crippen LogP contribution in [0.4, 0.5) is 0 Å². The zero-order valence-electron chi connectivity index (χ0n) is 14.7. The zero-order valence-corrected chi connectivity index (χ0v) is 14.7. The summed E-state index contributed by atoms with van der Waals surface area (Å²) in [4.78, 5) is 11.0. The first-order valence-corrected chi connectivity index (χ1v) is 8.40. The van der Waals surface area contributed by atoms with Crippen molar-refractivity contribution >= 4 is 18.5 Å². The number of hydrogen-bond donors (Lipinski definition) is 1. The molecule has 1 aliphatic heterocycles. The molecule has 2 aliphatic rings. The van der Waals surface area contributed by atoms with Gasteiger partial charge < -0.3 is 14.6 Å². The van der Waals surface area contributed by atoms with E-state index in [4.69, 9.17) is 9.31 Å². The van der Waals surface area contributed by atoms with Crippen LogP contribution in [0.25, 0.3) is 0 Å². The number of amides is 1. The van der Waals surface area contributed by atoms with Crippen molar-refractivity contribution in [1.29, 1.82) is 0 Å². The van der Waals surface area contributed by atoms with Gasteiger partial charge in [0.15, 0.2) is 0 Å². The second-order valence-corrected chi connectivity index (χ2v) is 7.82. The van der Waals surface area contributed by atoms with E-state index in [1.165, 1.54) is 5.56 Å². The SMILES string of the molecule is CC(=O)NC1CC(c2ccc(B3OC(C)(C)C(C)(C)O3)cc2)C1. The fraction of sp³-hybridized carbons (Fsp3) is 0.611. The van der Waals surface area contributed by atoms with Gasteiger partial charge in [-0.15, -0.1) is 0 Å². The van der Waals surface area contributed by atoms with E-state index in [-0.39, 0.29) is 24.2 Å². The third kappa shape index (κ3) is 3.17. The lowest BCUT2D eigenvalue weighted by Gasteiger charge is -2.36. The number of hydrogen-bond acceptors (Lipinski definition) is 3. The van der Waals surface area contributed by atoms with Gasteiger partial charge in [0.2, 0.25) is 5.91 Å². The summed E-state index contributed by atoms with van der Waals surface area (Å²) in [5.41, 5.74) is 1.77. The molecule has 0 spiro atoms. The van der Waals surface area contributed by atoms with Gasteiger partial charge in [0, 0.05) is 13.0 Å². The molecule has 0 atom stereocenters. The molecule has 1 aromatic rings. The highest BCUT2D eigenvalue weighted by Crippen LogP contribution is 2.38. The van der Waals surface area contributed by atoms with Crippen LogP contribution in [0.5, 0.6) is 0 Å². The summed E-state index contributed by atoms with van der Waals surface area (Å²) >= 11 is 0. The predicted molar refractivity (Wildman–Crippen MR) is 91.7 cm³/mol. The zero-order chi connectivity index (χ0) is 16.8. The van der Waals surface area contributed by atoms with E-state index in [1.807, 2.05) is 0 Å². The Labute approximate surface area is 139 Å². The quantitative estimate of drug-likeness (QED) is 0.871. The number of nitrogens with one attached hydrogen (secondary N) is 1. The second kappa shape index (κ2) is 5.64. The molecule has 3 rings (SSSR count). The molecule has 0 bridgehead atoms. The van der Waals surface area contributed by atoms with Crippen LogP contribution in [0, 0.1) is 0 Å². The average Bonchev–Trinajstić information content (AvgIpc) is 2.62. The van der Waals surface area contributed by atoms with Crippen LogP contribution in [0.15, 0.2) is 24.3 Å². The molecule has 1 amide bonds. The minimum absolute atomic E-state index is 0.0598. The maximum absolute atomic E-state index is 11.0. The number of rotatable bonds is 3. The van der Waals surface area contributed by atoms with Crippen LogP contribution in [0.2, 0.25) is 0 Å². The van der Waals surface area contributed by atoms with E-state index in [1.54, 1.807) is 6.92 Å². The van der Waals surface area contributed by atoms with Crippen molar-refractivity contribution in [3.8, 4) is 0 Å². The lowest BCUT2D eigenvalue weighted by atomic mass is 9.73. The monoisotopic (exact) mass is 315 g/mol. The predicted octanol–water partition coefficient (Wildman–Crippen LogP) is 2.37. The van der Waals surface area contributed by atoms with E-state index in [2.05, 4.69) is 57.3 Å². The summed E-state index contributed by atoms with van der Waals surface area (Å²) in [5, 5.41) is 2.97. The standard InChI is InChI=1S/C18H26BNO3/c1-12(21)20-16-10-14(11-16)13-6-8-15(9-7-13)19-22-17(2,3)18(4,5)23-19/h6-9,14,16H,10-11H2,1-5H3,(H,20,21). The maximum Gasteiger partial charge on any atom is 0.494 e. The first-order valence-electron chi connectivity index (χ1n) is 8.40. The van der Waals surface area contributed by atoms with Gasteiger partial charge in [-0.3, -0.25) is 4.79 Å². The van der Waals surface area contributed by atoms with Gasteiger partial charge in [0.05, 0.1) is 11.2 Å². The van der Waals surface area contributed by atoms with Crippen LogP contribution in [-0.4, -0.2) is 30.3 Å². The highest BCUT2D eigenvalue weighted by molar-refractivity contribution is 6.62. The Kier molecular flexibility index (Phi) is 4.05. The molecular formula is C18H26BNO3. The molecule has 124 valence electrons. The van der Waals surface area contributed by atoms with Crippen LogP contribution in [-0.2, 0) is 14.1 Å². The number of carbonyl (C=O) groups excluding carboxylic acids is 1. The van der Waals surface area contributed by atoms with Gasteiger partial charge >= 0.3 is 7.12 Å². The Morgan fingerprint density at radius 3 is 2.09 bits per heavy atom. The second-order valence-electron chi connectivity index (χ2n) is 7.82. The fourth-order valence-corrected chi connectivity index (χ4v) is 3.20. The minimum Gasteiger partial charge on any atom is -0.399 e. The molecule has 1 N–H and O–H groups in total. The Hall–Kier alpha value is -1.33. The molecule has 1 aromatic carbocycles. The molecule has 0 aromatic heterocycles. The number of benzene rings is 1. The molecule has 1 saturated heterocycles. The van der Waals surface area contributed by atoms with Gasteiger partial charge in [-0.1, -0.05) is 24.3 Å². The van der Waals surface area contributed by atoms with Gasteiger partial charge in [-0.05, 0) is 57.5 Å². The summed E-state index contributed by atoms with van der Waals surface area (Å²) < 4.78 is 12.2. The molecule has 2 fully saturated rings. The van der Waals surface area contributed by atoms with Crippen LogP contribution >= 0.6 is 0 Å². The molecule has 0 unspecified atom stereocenters. The van der Waals surface area contributed by atoms with Gasteiger partial charge in [0.1, 0.15) is 0 Å². The largest absolute Gasteiger partial charge is 0.494 e. The third-order valence-electron chi connectivity index (χ3n) is 5.48. The first kappa shape index (κ1) is 16.5. The lowest BCUT2D eigenvalue weighted by molar-refractivity contribution is -0.120. The summed E-state index contributed by atoms with van der Waals surface area (Å²) in [6.45, 7) is 9.85. The first-order chi connectivity index (χ1) is 10.7. The van der Waals surface area contributed by atoms with Crippen molar-refractivity contribution in [1.82, 2.24) is 5.32 Å². The molecule has 1 saturated carbocycles. The van der Waals surface area contributed by atoms with Crippen LogP contribution in [0.1, 0.15) is 58.9 Å². The smallest absolute Gasteiger partial charge is 0.399 e. The van der Waals surface area contributed by atoms with Gasteiger partial charge in [0.25, 0.3) is 0 Å². The topological polar surface area (TPSA) is 47.6 Å². The Morgan fingerprint density at radius 1 is 1.09 bits per heavy atom. The summed E-state index contributed by atoms with van der Waals surface area (Å²) in [6.07, 6.45) is 2.05. The Morgan fingerprint density at radius 2 is 1.61 bits per heavy atom. The molecule has 1 aliphatic carbocycles. The van der Waals surface area contributed by atoms with E-state index < -0.39 is 0 Å². The van der Waals surface area contributed by atoms with Crippen molar-refractivity contribution in [3.05, 3.63) is 29.8 Å². The van der Waals surface area contributed by atoms with E-state index in [9.17, 15) is 4.79 Å². The van der Waals surface area contributed by atoms with Crippen molar-refractivity contribution in [3.63, 3.8) is 0 Å². The van der Waals surface area contributed by atoms with E-state index in [0.29, 0.717) is 12.0 Å². The highest BCUT2D eigenvalue weighted by atomic mass is 16.7. The third-order valence-corrected chi connectivity index (χ3v) is 5.48. The van der Waals surface area contributed by atoms with Crippen molar-refractivity contribution in [2.75, 3.05) is 0 Å². The summed E-state index contributed by atoms with van der Waals surface area (Å²) in [5.74, 6) is 0.601. The molecule has 1 heterocycles. The summed E-state index contributed by atoms with van der Waals surface area (Å²) in [6, 6.07) is 8.86. The Bertz CT molecular complexity index is 575. The van der Waals surface area contributed by atoms with Crippen molar-refractivity contribution < 1.29 is 14.1 Å². The molecule has 23 heavy (non-hydrogen) atoms. The van der Waals surface area contributed by atoms with Crippen LogP contribution < -0.4 is 10.8 Å². The van der Waals surface area contributed by atoms with Crippen LogP contribution in [0.3, 0.4) is 0 Å². The van der Waals surface area contributed by atoms with Gasteiger partial charge in [-0.2, -0.15) is 0 Å². The Balaban J connectivity index is 1.62. The van der Waals surface area contributed by atoms with Gasteiger partial charge in [-0.25, -0.2) is 0 Å².